The fraction of sp³-hybridized carbons (Fsp3) is 0.440. The van der Waals surface area contributed by atoms with Gasteiger partial charge in [-0.1, -0.05) is 18.2 Å². The third kappa shape index (κ3) is 5.37. The third-order valence-corrected chi connectivity index (χ3v) is 6.26. The maximum Gasteiger partial charge on any atom is 0.321 e. The highest BCUT2D eigenvalue weighted by Crippen LogP contribution is 2.22. The van der Waals surface area contributed by atoms with Gasteiger partial charge in [0.15, 0.2) is 0 Å². The van der Waals surface area contributed by atoms with Crippen molar-refractivity contribution in [3.05, 3.63) is 59.2 Å². The van der Waals surface area contributed by atoms with Crippen LogP contribution in [0, 0.1) is 13.8 Å². The maximum atomic E-state index is 12.6. The normalized spacial score (nSPS) is 17.2. The van der Waals surface area contributed by atoms with Crippen molar-refractivity contribution in [3.8, 4) is 5.75 Å². The lowest BCUT2D eigenvalue weighted by molar-refractivity contribution is -0.128. The van der Waals surface area contributed by atoms with E-state index in [-0.39, 0.29) is 18.0 Å². The Hall–Kier alpha value is -3.02. The number of hydrogen-bond acceptors (Lipinski definition) is 3. The van der Waals surface area contributed by atoms with Crippen molar-refractivity contribution in [3.63, 3.8) is 0 Å². The molecule has 2 heterocycles. The predicted octanol–water partition coefficient (Wildman–Crippen LogP) is 4.50. The highest BCUT2D eigenvalue weighted by atomic mass is 16.5. The number of nitrogens with one attached hydrogen (secondary N) is 1. The summed E-state index contributed by atoms with van der Waals surface area (Å²) in [5.74, 6) is 1.13. The molecule has 2 fully saturated rings. The van der Waals surface area contributed by atoms with Crippen molar-refractivity contribution in [1.82, 2.24) is 9.80 Å². The van der Waals surface area contributed by atoms with Crippen LogP contribution in [-0.2, 0) is 11.3 Å². The molecule has 0 aromatic heterocycles. The van der Waals surface area contributed by atoms with Gasteiger partial charge in [0, 0.05) is 51.1 Å². The molecule has 2 aliphatic heterocycles. The smallest absolute Gasteiger partial charge is 0.321 e. The summed E-state index contributed by atoms with van der Waals surface area (Å²) in [5.41, 5.74) is 4.34. The predicted molar refractivity (Wildman–Crippen MR) is 121 cm³/mol. The van der Waals surface area contributed by atoms with E-state index in [0.29, 0.717) is 26.1 Å². The van der Waals surface area contributed by atoms with Gasteiger partial charge in [0.25, 0.3) is 0 Å². The van der Waals surface area contributed by atoms with E-state index < -0.39 is 0 Å². The van der Waals surface area contributed by atoms with Crippen molar-refractivity contribution >= 4 is 17.6 Å². The fourth-order valence-electron chi connectivity index (χ4n) is 4.14. The van der Waals surface area contributed by atoms with Crippen LogP contribution in [-0.4, -0.2) is 47.5 Å². The summed E-state index contributed by atoms with van der Waals surface area (Å²) in [7, 11) is 0. The minimum absolute atomic E-state index is 0.0768. The van der Waals surface area contributed by atoms with E-state index in [0.717, 1.165) is 42.8 Å². The van der Waals surface area contributed by atoms with Gasteiger partial charge in [0.2, 0.25) is 5.91 Å². The lowest BCUT2D eigenvalue weighted by Gasteiger charge is -2.32. The largest absolute Gasteiger partial charge is 0.490 e. The molecule has 31 heavy (non-hydrogen) atoms. The Morgan fingerprint density at radius 3 is 2.42 bits per heavy atom. The van der Waals surface area contributed by atoms with Crippen molar-refractivity contribution in [2.45, 2.75) is 52.2 Å². The number of urea groups is 1. The highest BCUT2D eigenvalue weighted by molar-refractivity contribution is 5.89. The number of likely N-dealkylation sites (tertiary alicyclic amines) is 2. The summed E-state index contributed by atoms with van der Waals surface area (Å²) >= 11 is 0. The number of ether oxygens (including phenoxy) is 1. The fourth-order valence-corrected chi connectivity index (χ4v) is 4.14. The zero-order chi connectivity index (χ0) is 21.8. The standard InChI is InChI=1S/C25H31N3O3/c1-18-5-10-23(16-19(18)2)31-22-11-14-27(15-12-22)25(30)26-21-8-6-20(7-9-21)17-28-13-3-4-24(28)29/h5-10,16,22H,3-4,11-15,17H2,1-2H3,(H,26,30). The van der Waals surface area contributed by atoms with E-state index in [1.54, 1.807) is 0 Å². The molecular formula is C25H31N3O3. The molecule has 6 nitrogen and oxygen atoms in total. The van der Waals surface area contributed by atoms with Gasteiger partial charge in [-0.2, -0.15) is 0 Å². The van der Waals surface area contributed by atoms with Gasteiger partial charge in [-0.25, -0.2) is 4.79 Å². The summed E-state index contributed by atoms with van der Waals surface area (Å²) in [6.07, 6.45) is 3.38. The Bertz CT molecular complexity index is 934. The molecule has 2 aromatic carbocycles. The number of amides is 3. The molecule has 164 valence electrons. The summed E-state index contributed by atoms with van der Waals surface area (Å²) in [6.45, 7) is 7.01. The maximum absolute atomic E-state index is 12.6. The number of anilines is 1. The molecule has 2 saturated heterocycles. The van der Waals surface area contributed by atoms with Gasteiger partial charge in [-0.3, -0.25) is 4.79 Å². The summed E-state index contributed by atoms with van der Waals surface area (Å²) in [5, 5.41) is 2.99. The Labute approximate surface area is 184 Å². The van der Waals surface area contributed by atoms with Crippen LogP contribution in [0.4, 0.5) is 10.5 Å². The molecular weight excluding hydrogens is 390 g/mol. The molecule has 2 aromatic rings. The van der Waals surface area contributed by atoms with Gasteiger partial charge in [0.1, 0.15) is 11.9 Å². The first kappa shape index (κ1) is 21.2. The van der Waals surface area contributed by atoms with E-state index >= 15 is 0 Å². The quantitative estimate of drug-likeness (QED) is 0.773. The summed E-state index contributed by atoms with van der Waals surface area (Å²) < 4.78 is 6.13. The second-order valence-electron chi connectivity index (χ2n) is 8.60. The number of piperidine rings is 1. The number of carbonyl (C=O) groups is 2. The van der Waals surface area contributed by atoms with Crippen LogP contribution >= 0.6 is 0 Å². The Kier molecular flexibility index (Phi) is 6.44. The first-order chi connectivity index (χ1) is 15.0. The van der Waals surface area contributed by atoms with Crippen LogP contribution in [0.5, 0.6) is 5.75 Å². The molecule has 0 unspecified atom stereocenters. The molecule has 6 heteroatoms. The monoisotopic (exact) mass is 421 g/mol. The Balaban J connectivity index is 1.24. The number of rotatable bonds is 5. The van der Waals surface area contributed by atoms with E-state index in [9.17, 15) is 9.59 Å². The number of hydrogen-bond donors (Lipinski definition) is 1. The average Bonchev–Trinajstić information content (AvgIpc) is 3.17. The van der Waals surface area contributed by atoms with Gasteiger partial charge >= 0.3 is 6.03 Å². The van der Waals surface area contributed by atoms with Crippen molar-refractivity contribution in [1.29, 1.82) is 0 Å². The topological polar surface area (TPSA) is 61.9 Å². The lowest BCUT2D eigenvalue weighted by Crippen LogP contribution is -2.43. The third-order valence-electron chi connectivity index (χ3n) is 6.26. The van der Waals surface area contributed by atoms with Gasteiger partial charge < -0.3 is 19.9 Å². The number of aryl methyl sites for hydroxylation is 2. The minimum atomic E-state index is -0.0768. The van der Waals surface area contributed by atoms with Crippen molar-refractivity contribution in [2.75, 3.05) is 25.0 Å². The Morgan fingerprint density at radius 1 is 1.03 bits per heavy atom. The molecule has 0 bridgehead atoms. The average molecular weight is 422 g/mol. The molecule has 0 aliphatic carbocycles. The second-order valence-corrected chi connectivity index (χ2v) is 8.60. The SMILES string of the molecule is Cc1ccc(OC2CCN(C(=O)Nc3ccc(CN4CCCC4=O)cc3)CC2)cc1C. The van der Waals surface area contributed by atoms with Gasteiger partial charge in [-0.15, -0.1) is 0 Å². The molecule has 4 rings (SSSR count). The van der Waals surface area contributed by atoms with E-state index in [4.69, 9.17) is 4.74 Å². The van der Waals surface area contributed by atoms with Crippen LogP contribution in [0.25, 0.3) is 0 Å². The molecule has 0 radical (unpaired) electrons. The van der Waals surface area contributed by atoms with Crippen LogP contribution in [0.3, 0.4) is 0 Å². The molecule has 0 spiro atoms. The molecule has 2 aliphatic rings. The van der Waals surface area contributed by atoms with Crippen molar-refractivity contribution in [2.24, 2.45) is 0 Å². The van der Waals surface area contributed by atoms with Crippen LogP contribution < -0.4 is 10.1 Å². The summed E-state index contributed by atoms with van der Waals surface area (Å²) in [4.78, 5) is 28.1. The van der Waals surface area contributed by atoms with Gasteiger partial charge in [0.05, 0.1) is 0 Å². The molecule has 1 N–H and O–H groups in total. The molecule has 3 amide bonds. The first-order valence-electron chi connectivity index (χ1n) is 11.1. The zero-order valence-electron chi connectivity index (χ0n) is 18.4. The van der Waals surface area contributed by atoms with Crippen LogP contribution in [0.15, 0.2) is 42.5 Å². The van der Waals surface area contributed by atoms with E-state index in [1.807, 2.05) is 40.1 Å². The second kappa shape index (κ2) is 9.41. The minimum Gasteiger partial charge on any atom is -0.490 e. The first-order valence-corrected chi connectivity index (χ1v) is 11.1. The van der Waals surface area contributed by atoms with Crippen molar-refractivity contribution < 1.29 is 14.3 Å². The zero-order valence-corrected chi connectivity index (χ0v) is 18.4. The lowest BCUT2D eigenvalue weighted by atomic mass is 10.1. The summed E-state index contributed by atoms with van der Waals surface area (Å²) in [6, 6.07) is 13.9. The number of nitrogens with zero attached hydrogens (tertiary/aromatic N) is 2. The molecule has 0 saturated carbocycles. The van der Waals surface area contributed by atoms with Crippen LogP contribution in [0.2, 0.25) is 0 Å². The number of benzene rings is 2. The Morgan fingerprint density at radius 2 is 1.77 bits per heavy atom. The number of carbonyl (C=O) groups excluding carboxylic acids is 2. The van der Waals surface area contributed by atoms with Gasteiger partial charge in [-0.05, 0) is 61.2 Å². The van der Waals surface area contributed by atoms with E-state index in [2.05, 4.69) is 31.3 Å². The van der Waals surface area contributed by atoms with Crippen LogP contribution in [0.1, 0.15) is 42.4 Å². The highest BCUT2D eigenvalue weighted by Gasteiger charge is 2.24. The molecule has 0 atom stereocenters. The van der Waals surface area contributed by atoms with E-state index in [1.165, 1.54) is 11.1 Å².